The van der Waals surface area contributed by atoms with E-state index in [1.165, 1.54) is 0 Å². The van der Waals surface area contributed by atoms with E-state index in [0.29, 0.717) is 19.6 Å². The number of aryl methyl sites for hydroxylation is 1. The maximum atomic E-state index is 12.9. The molecule has 1 aliphatic heterocycles. The summed E-state index contributed by atoms with van der Waals surface area (Å²) in [6.45, 7) is 10.5. The molecule has 0 aromatic carbocycles. The van der Waals surface area contributed by atoms with Crippen LogP contribution in [-0.2, 0) is 16.6 Å². The number of hydrogen-bond acceptors (Lipinski definition) is 4. The Morgan fingerprint density at radius 1 is 1.43 bits per heavy atom. The van der Waals surface area contributed by atoms with Crippen LogP contribution in [0.4, 0.5) is 0 Å². The lowest BCUT2D eigenvalue weighted by molar-refractivity contribution is 0.186. The van der Waals surface area contributed by atoms with Gasteiger partial charge in [0, 0.05) is 30.9 Å². The lowest BCUT2D eigenvalue weighted by atomic mass is 9.85. The number of nitrogens with one attached hydrogen (secondary N) is 2. The molecule has 120 valence electrons. The van der Waals surface area contributed by atoms with Gasteiger partial charge in [0.15, 0.2) is 5.03 Å². The van der Waals surface area contributed by atoms with E-state index in [1.54, 1.807) is 4.31 Å². The van der Waals surface area contributed by atoms with E-state index < -0.39 is 10.0 Å². The summed E-state index contributed by atoms with van der Waals surface area (Å²) in [7, 11) is -3.52. The maximum Gasteiger partial charge on any atom is 0.262 e. The summed E-state index contributed by atoms with van der Waals surface area (Å²) in [5.74, 6) is 0. The van der Waals surface area contributed by atoms with E-state index in [0.717, 1.165) is 30.6 Å². The molecule has 1 saturated heterocycles. The fourth-order valence-electron chi connectivity index (χ4n) is 2.80. The van der Waals surface area contributed by atoms with Crippen molar-refractivity contribution in [3.05, 3.63) is 11.3 Å². The van der Waals surface area contributed by atoms with E-state index in [4.69, 9.17) is 0 Å². The molecule has 0 unspecified atom stereocenters. The summed E-state index contributed by atoms with van der Waals surface area (Å²) in [4.78, 5) is 0. The van der Waals surface area contributed by atoms with Gasteiger partial charge in [-0.2, -0.15) is 9.40 Å². The van der Waals surface area contributed by atoms with Gasteiger partial charge in [-0.15, -0.1) is 0 Å². The number of aromatic amines is 1. The van der Waals surface area contributed by atoms with Crippen LogP contribution < -0.4 is 5.32 Å². The average Bonchev–Trinajstić information content (AvgIpc) is 2.77. The van der Waals surface area contributed by atoms with Gasteiger partial charge in [-0.3, -0.25) is 5.10 Å². The highest BCUT2D eigenvalue weighted by atomic mass is 32.2. The Morgan fingerprint density at radius 3 is 2.76 bits per heavy atom. The summed E-state index contributed by atoms with van der Waals surface area (Å²) in [6, 6.07) is 0. The highest BCUT2D eigenvalue weighted by molar-refractivity contribution is 7.89. The fourth-order valence-corrected chi connectivity index (χ4v) is 4.63. The molecule has 21 heavy (non-hydrogen) atoms. The van der Waals surface area contributed by atoms with Crippen molar-refractivity contribution in [2.24, 2.45) is 5.41 Å². The molecular formula is C14H26N4O2S. The van der Waals surface area contributed by atoms with Gasteiger partial charge in [-0.25, -0.2) is 8.42 Å². The van der Waals surface area contributed by atoms with Crippen LogP contribution in [0.15, 0.2) is 5.03 Å². The number of hydrogen-bond donors (Lipinski definition) is 2. The van der Waals surface area contributed by atoms with Crippen LogP contribution in [0, 0.1) is 12.3 Å². The first-order valence-electron chi connectivity index (χ1n) is 7.52. The number of rotatable bonds is 5. The van der Waals surface area contributed by atoms with Crippen LogP contribution in [0.5, 0.6) is 0 Å². The number of sulfonamides is 1. The van der Waals surface area contributed by atoms with Crippen LogP contribution in [0.2, 0.25) is 0 Å². The maximum absolute atomic E-state index is 12.9. The smallest absolute Gasteiger partial charge is 0.262 e. The van der Waals surface area contributed by atoms with Gasteiger partial charge in [0.05, 0.1) is 0 Å². The predicted molar refractivity (Wildman–Crippen MR) is 82.5 cm³/mol. The molecule has 2 heterocycles. The van der Waals surface area contributed by atoms with E-state index >= 15 is 0 Å². The molecule has 0 radical (unpaired) electrons. The number of nitrogens with zero attached hydrogens (tertiary/aromatic N) is 2. The first-order chi connectivity index (χ1) is 9.78. The Balaban J connectivity index is 2.31. The van der Waals surface area contributed by atoms with Crippen molar-refractivity contribution in [3.8, 4) is 0 Å². The molecule has 6 nitrogen and oxygen atoms in total. The van der Waals surface area contributed by atoms with Crippen LogP contribution in [0.1, 0.15) is 44.9 Å². The highest BCUT2D eigenvalue weighted by Gasteiger charge is 2.36. The Morgan fingerprint density at radius 2 is 2.14 bits per heavy atom. The van der Waals surface area contributed by atoms with Gasteiger partial charge in [-0.05, 0) is 31.7 Å². The third kappa shape index (κ3) is 3.46. The largest absolute Gasteiger partial charge is 0.313 e. The molecule has 2 N–H and O–H groups in total. The zero-order chi connectivity index (χ0) is 15.7. The summed E-state index contributed by atoms with van der Waals surface area (Å²) in [6.07, 6.45) is 1.96. The second-order valence-electron chi connectivity index (χ2n) is 6.52. The average molecular weight is 314 g/mol. The van der Waals surface area contributed by atoms with Crippen molar-refractivity contribution >= 4 is 10.0 Å². The topological polar surface area (TPSA) is 78.1 Å². The van der Waals surface area contributed by atoms with Gasteiger partial charge in [0.25, 0.3) is 10.0 Å². The van der Waals surface area contributed by atoms with Crippen molar-refractivity contribution in [3.63, 3.8) is 0 Å². The Kier molecular flexibility index (Phi) is 4.75. The van der Waals surface area contributed by atoms with Gasteiger partial charge >= 0.3 is 0 Å². The van der Waals surface area contributed by atoms with Gasteiger partial charge < -0.3 is 5.32 Å². The Labute approximate surface area is 127 Å². The van der Waals surface area contributed by atoms with Crippen molar-refractivity contribution in [1.29, 1.82) is 0 Å². The van der Waals surface area contributed by atoms with Crippen molar-refractivity contribution < 1.29 is 8.42 Å². The third-order valence-corrected chi connectivity index (χ3v) is 5.86. The molecule has 0 aliphatic carbocycles. The SMILES string of the molecule is CCNCc1c(S(=O)(=O)N2CCCC(C)(C)C2)n[nH]c1C. The Hall–Kier alpha value is -0.920. The molecule has 1 fully saturated rings. The molecule has 0 amide bonds. The quantitative estimate of drug-likeness (QED) is 0.866. The summed E-state index contributed by atoms with van der Waals surface area (Å²) >= 11 is 0. The monoisotopic (exact) mass is 314 g/mol. The highest BCUT2D eigenvalue weighted by Crippen LogP contribution is 2.32. The van der Waals surface area contributed by atoms with Gasteiger partial charge in [-0.1, -0.05) is 20.8 Å². The number of aromatic nitrogens is 2. The van der Waals surface area contributed by atoms with Crippen LogP contribution in [0.3, 0.4) is 0 Å². The van der Waals surface area contributed by atoms with Crippen LogP contribution in [0.25, 0.3) is 0 Å². The summed E-state index contributed by atoms with van der Waals surface area (Å²) in [5.41, 5.74) is 1.59. The minimum absolute atomic E-state index is 0.0263. The first kappa shape index (κ1) is 16.5. The zero-order valence-electron chi connectivity index (χ0n) is 13.4. The molecule has 7 heteroatoms. The molecule has 1 aromatic rings. The lowest BCUT2D eigenvalue weighted by Gasteiger charge is -2.36. The third-order valence-electron chi connectivity index (χ3n) is 4.04. The zero-order valence-corrected chi connectivity index (χ0v) is 14.2. The molecule has 1 aliphatic rings. The molecule has 2 rings (SSSR count). The summed E-state index contributed by atoms with van der Waals surface area (Å²) in [5, 5.41) is 10.2. The second kappa shape index (κ2) is 6.06. The molecular weight excluding hydrogens is 288 g/mol. The second-order valence-corrected chi connectivity index (χ2v) is 8.37. The van der Waals surface area contributed by atoms with Crippen molar-refractivity contribution in [1.82, 2.24) is 19.8 Å². The Bertz CT molecular complexity index is 592. The van der Waals surface area contributed by atoms with Crippen molar-refractivity contribution in [2.45, 2.75) is 52.1 Å². The first-order valence-corrected chi connectivity index (χ1v) is 8.96. The van der Waals surface area contributed by atoms with Crippen LogP contribution >= 0.6 is 0 Å². The van der Waals surface area contributed by atoms with Gasteiger partial charge in [0.2, 0.25) is 0 Å². The van der Waals surface area contributed by atoms with E-state index in [2.05, 4.69) is 29.4 Å². The predicted octanol–water partition coefficient (Wildman–Crippen LogP) is 1.64. The van der Waals surface area contributed by atoms with E-state index in [1.807, 2.05) is 13.8 Å². The lowest BCUT2D eigenvalue weighted by Crippen LogP contribution is -2.43. The molecule has 0 saturated carbocycles. The minimum atomic E-state index is -3.52. The van der Waals surface area contributed by atoms with E-state index in [9.17, 15) is 8.42 Å². The standard InChI is InChI=1S/C14H26N4O2S/c1-5-15-9-12-11(2)16-17-13(12)21(19,20)18-8-6-7-14(3,4)10-18/h15H,5-10H2,1-4H3,(H,16,17). The fraction of sp³-hybridized carbons (Fsp3) is 0.786. The minimum Gasteiger partial charge on any atom is -0.313 e. The molecule has 1 aromatic heterocycles. The summed E-state index contributed by atoms with van der Waals surface area (Å²) < 4.78 is 27.4. The van der Waals surface area contributed by atoms with Crippen molar-refractivity contribution in [2.75, 3.05) is 19.6 Å². The molecule has 0 spiro atoms. The number of H-pyrrole nitrogens is 1. The van der Waals surface area contributed by atoms with Gasteiger partial charge in [0.1, 0.15) is 0 Å². The molecule has 0 bridgehead atoms. The van der Waals surface area contributed by atoms with E-state index in [-0.39, 0.29) is 10.4 Å². The van der Waals surface area contributed by atoms with Crippen LogP contribution in [-0.4, -0.2) is 42.6 Å². The molecule has 0 atom stereocenters. The number of piperidine rings is 1. The normalized spacial score (nSPS) is 19.8.